The number of imidazole rings is 1. The molecule has 0 aromatic carbocycles. The van der Waals surface area contributed by atoms with Crippen LogP contribution in [-0.4, -0.2) is 15.5 Å². The van der Waals surface area contributed by atoms with Gasteiger partial charge in [0.05, 0.1) is 6.33 Å². The van der Waals surface area contributed by atoms with Crippen LogP contribution in [0.5, 0.6) is 0 Å². The van der Waals surface area contributed by atoms with Crippen LogP contribution in [0.1, 0.15) is 31.9 Å². The first kappa shape index (κ1) is 9.62. The van der Waals surface area contributed by atoms with Crippen molar-refractivity contribution in [3.8, 4) is 0 Å². The molecule has 0 spiro atoms. The van der Waals surface area contributed by atoms with E-state index in [9.17, 15) is 8.78 Å². The first-order valence-electron chi connectivity index (χ1n) is 4.88. The lowest BCUT2D eigenvalue weighted by molar-refractivity contribution is 0.0949. The molecule has 1 aliphatic rings. The van der Waals surface area contributed by atoms with Gasteiger partial charge in [0.1, 0.15) is 0 Å². The predicted molar refractivity (Wildman–Crippen MR) is 49.4 cm³/mol. The molecule has 2 nitrogen and oxygen atoms in total. The average molecular weight is 200 g/mol. The fourth-order valence-corrected chi connectivity index (χ4v) is 1.67. The van der Waals surface area contributed by atoms with Gasteiger partial charge in [-0.15, -0.1) is 0 Å². The summed E-state index contributed by atoms with van der Waals surface area (Å²) in [5.41, 5.74) is 1.03. The Bertz CT molecular complexity index is 331. The lowest BCUT2D eigenvalue weighted by Crippen LogP contribution is -2.08. The van der Waals surface area contributed by atoms with E-state index in [1.807, 2.05) is 18.4 Å². The van der Waals surface area contributed by atoms with Crippen molar-refractivity contribution in [1.29, 1.82) is 0 Å². The van der Waals surface area contributed by atoms with Gasteiger partial charge in [0.15, 0.2) is 0 Å². The van der Waals surface area contributed by atoms with E-state index in [4.69, 9.17) is 0 Å². The first-order valence-corrected chi connectivity index (χ1v) is 4.88. The van der Waals surface area contributed by atoms with Crippen LogP contribution in [0.2, 0.25) is 0 Å². The Morgan fingerprint density at radius 3 is 2.79 bits per heavy atom. The maximum Gasteiger partial charge on any atom is 0.253 e. The SMILES string of the molecule is CC(C)c1cncn1CC1CC1(F)F. The van der Waals surface area contributed by atoms with E-state index in [-0.39, 0.29) is 6.42 Å². The molecule has 1 fully saturated rings. The van der Waals surface area contributed by atoms with Gasteiger partial charge < -0.3 is 4.57 Å². The van der Waals surface area contributed by atoms with Gasteiger partial charge in [-0.1, -0.05) is 13.8 Å². The molecule has 0 aliphatic heterocycles. The fraction of sp³-hybridized carbons (Fsp3) is 0.700. The number of halogens is 2. The highest BCUT2D eigenvalue weighted by Gasteiger charge is 2.56. The van der Waals surface area contributed by atoms with Crippen LogP contribution < -0.4 is 0 Å². The van der Waals surface area contributed by atoms with E-state index in [1.165, 1.54) is 0 Å². The van der Waals surface area contributed by atoms with E-state index in [0.717, 1.165) is 5.69 Å². The molecule has 1 heterocycles. The minimum atomic E-state index is -2.43. The van der Waals surface area contributed by atoms with E-state index in [1.54, 1.807) is 12.5 Å². The van der Waals surface area contributed by atoms with Gasteiger partial charge in [-0.3, -0.25) is 0 Å². The minimum absolute atomic E-state index is 0.0305. The van der Waals surface area contributed by atoms with Crippen molar-refractivity contribution in [3.63, 3.8) is 0 Å². The molecule has 0 amide bonds. The Morgan fingerprint density at radius 2 is 2.29 bits per heavy atom. The molecule has 78 valence electrons. The molecular weight excluding hydrogens is 186 g/mol. The van der Waals surface area contributed by atoms with Crippen LogP contribution in [0.15, 0.2) is 12.5 Å². The Balaban J connectivity index is 2.07. The molecule has 1 atom stereocenters. The molecule has 1 unspecified atom stereocenters. The van der Waals surface area contributed by atoms with Crippen molar-refractivity contribution in [2.45, 2.75) is 38.7 Å². The summed E-state index contributed by atoms with van der Waals surface area (Å²) >= 11 is 0. The topological polar surface area (TPSA) is 17.8 Å². The van der Waals surface area contributed by atoms with Crippen LogP contribution in [0.3, 0.4) is 0 Å². The van der Waals surface area contributed by atoms with Gasteiger partial charge in [-0.2, -0.15) is 0 Å². The van der Waals surface area contributed by atoms with Crippen molar-refractivity contribution < 1.29 is 8.78 Å². The Kier molecular flexibility index (Phi) is 2.09. The second-order valence-electron chi connectivity index (χ2n) is 4.29. The largest absolute Gasteiger partial charge is 0.334 e. The molecule has 0 saturated heterocycles. The van der Waals surface area contributed by atoms with Gasteiger partial charge in [-0.25, -0.2) is 13.8 Å². The smallest absolute Gasteiger partial charge is 0.253 e. The Labute approximate surface area is 82.0 Å². The van der Waals surface area contributed by atoms with E-state index in [2.05, 4.69) is 4.98 Å². The van der Waals surface area contributed by atoms with Gasteiger partial charge in [0.25, 0.3) is 5.92 Å². The standard InChI is InChI=1S/C10H14F2N2/c1-7(2)9-4-13-6-14(9)5-8-3-10(8,11)12/h4,6-8H,3,5H2,1-2H3. The number of hydrogen-bond acceptors (Lipinski definition) is 1. The van der Waals surface area contributed by atoms with Crippen molar-refractivity contribution in [2.75, 3.05) is 0 Å². The van der Waals surface area contributed by atoms with E-state index < -0.39 is 11.8 Å². The van der Waals surface area contributed by atoms with Crippen LogP contribution >= 0.6 is 0 Å². The molecule has 1 aromatic rings. The molecule has 1 aromatic heterocycles. The maximum atomic E-state index is 12.7. The molecule has 0 bridgehead atoms. The highest BCUT2D eigenvalue weighted by molar-refractivity contribution is 5.06. The molecule has 4 heteroatoms. The Morgan fingerprint density at radius 1 is 1.64 bits per heavy atom. The lowest BCUT2D eigenvalue weighted by Gasteiger charge is -2.09. The molecule has 1 aliphatic carbocycles. The van der Waals surface area contributed by atoms with Crippen LogP contribution in [-0.2, 0) is 6.54 Å². The van der Waals surface area contributed by atoms with Gasteiger partial charge >= 0.3 is 0 Å². The molecule has 1 saturated carbocycles. The third-order valence-electron chi connectivity index (χ3n) is 2.71. The van der Waals surface area contributed by atoms with E-state index in [0.29, 0.717) is 12.5 Å². The zero-order chi connectivity index (χ0) is 10.3. The monoisotopic (exact) mass is 200 g/mol. The quantitative estimate of drug-likeness (QED) is 0.733. The highest BCUT2D eigenvalue weighted by atomic mass is 19.3. The lowest BCUT2D eigenvalue weighted by atomic mass is 10.1. The summed E-state index contributed by atoms with van der Waals surface area (Å²) in [6, 6.07) is 0. The van der Waals surface area contributed by atoms with Crippen LogP contribution in [0.25, 0.3) is 0 Å². The second-order valence-corrected chi connectivity index (χ2v) is 4.29. The summed E-state index contributed by atoms with van der Waals surface area (Å²) in [6.45, 7) is 4.48. The van der Waals surface area contributed by atoms with Crippen molar-refractivity contribution in [1.82, 2.24) is 9.55 Å². The minimum Gasteiger partial charge on any atom is -0.334 e. The van der Waals surface area contributed by atoms with Crippen molar-refractivity contribution >= 4 is 0 Å². The van der Waals surface area contributed by atoms with Gasteiger partial charge in [-0.05, 0) is 5.92 Å². The zero-order valence-electron chi connectivity index (χ0n) is 8.37. The number of alkyl halides is 2. The third kappa shape index (κ3) is 1.65. The van der Waals surface area contributed by atoms with Crippen molar-refractivity contribution in [3.05, 3.63) is 18.2 Å². The molecule has 0 radical (unpaired) electrons. The fourth-order valence-electron chi connectivity index (χ4n) is 1.67. The molecular formula is C10H14F2N2. The summed E-state index contributed by atoms with van der Waals surface area (Å²) in [5, 5.41) is 0. The Hall–Kier alpha value is -0.930. The normalized spacial score (nSPS) is 24.2. The zero-order valence-corrected chi connectivity index (χ0v) is 8.37. The van der Waals surface area contributed by atoms with Crippen LogP contribution in [0.4, 0.5) is 8.78 Å². The summed E-state index contributed by atoms with van der Waals surface area (Å²) in [4.78, 5) is 3.99. The molecule has 14 heavy (non-hydrogen) atoms. The molecule has 0 N–H and O–H groups in total. The number of aromatic nitrogens is 2. The summed E-state index contributed by atoms with van der Waals surface area (Å²) in [6.07, 6.45) is 3.43. The summed E-state index contributed by atoms with van der Waals surface area (Å²) in [7, 11) is 0. The third-order valence-corrected chi connectivity index (χ3v) is 2.71. The first-order chi connectivity index (χ1) is 6.50. The van der Waals surface area contributed by atoms with Gasteiger partial charge in [0.2, 0.25) is 0 Å². The number of nitrogens with zero attached hydrogens (tertiary/aromatic N) is 2. The summed E-state index contributed by atoms with van der Waals surface area (Å²) in [5.74, 6) is -2.57. The van der Waals surface area contributed by atoms with Crippen LogP contribution in [0, 0.1) is 5.92 Å². The highest BCUT2D eigenvalue weighted by Crippen LogP contribution is 2.49. The number of rotatable bonds is 3. The molecule has 2 rings (SSSR count). The predicted octanol–water partition coefficient (Wildman–Crippen LogP) is 2.66. The van der Waals surface area contributed by atoms with Crippen molar-refractivity contribution in [2.24, 2.45) is 5.92 Å². The second kappa shape index (κ2) is 3.04. The number of hydrogen-bond donors (Lipinski definition) is 0. The van der Waals surface area contributed by atoms with Gasteiger partial charge in [0, 0.05) is 30.8 Å². The maximum absolute atomic E-state index is 12.7. The summed E-state index contributed by atoms with van der Waals surface area (Å²) < 4.78 is 27.2. The van der Waals surface area contributed by atoms with E-state index >= 15 is 0 Å². The average Bonchev–Trinajstić information content (AvgIpc) is 2.52.